The molecule has 0 saturated heterocycles. The van der Waals surface area contributed by atoms with Crippen molar-refractivity contribution in [3.05, 3.63) is 34.9 Å². The second-order valence-electron chi connectivity index (χ2n) is 6.37. The van der Waals surface area contributed by atoms with Gasteiger partial charge in [0.1, 0.15) is 5.78 Å². The summed E-state index contributed by atoms with van der Waals surface area (Å²) in [4.78, 5) is 28.2. The summed E-state index contributed by atoms with van der Waals surface area (Å²) in [7, 11) is 0. The number of hydrogen-bond acceptors (Lipinski definition) is 4. The van der Waals surface area contributed by atoms with Crippen LogP contribution in [0.5, 0.6) is 0 Å². The maximum Gasteiger partial charge on any atom is 0.335 e. The maximum atomic E-state index is 11.8. The van der Waals surface area contributed by atoms with Crippen molar-refractivity contribution >= 4 is 29.6 Å². The Kier molecular flexibility index (Phi) is 5.01. The van der Waals surface area contributed by atoms with Gasteiger partial charge in [0.25, 0.3) is 0 Å². The number of carbonyl (C=O) groups excluding carboxylic acids is 2. The van der Waals surface area contributed by atoms with Crippen molar-refractivity contribution in [1.29, 1.82) is 0 Å². The lowest BCUT2D eigenvalue weighted by atomic mass is 9.53. The lowest BCUT2D eigenvalue weighted by Gasteiger charge is -2.50. The highest BCUT2D eigenvalue weighted by atomic mass is 35.5. The Labute approximate surface area is 135 Å². The van der Waals surface area contributed by atoms with Gasteiger partial charge in [-0.1, -0.05) is 42.7 Å². The summed E-state index contributed by atoms with van der Waals surface area (Å²) in [6.45, 7) is 5.66. The van der Waals surface area contributed by atoms with Crippen LogP contribution in [0.25, 0.3) is 0 Å². The normalized spacial score (nSPS) is 23.1. The van der Waals surface area contributed by atoms with Gasteiger partial charge in [-0.3, -0.25) is 4.79 Å². The summed E-state index contributed by atoms with van der Waals surface area (Å²) in [5, 5.41) is 4.34. The number of ketones is 1. The molecular formula is C17H20ClNO3. The molecule has 0 heterocycles. The highest BCUT2D eigenvalue weighted by Gasteiger charge is 2.50. The van der Waals surface area contributed by atoms with Crippen LogP contribution < -0.4 is 0 Å². The number of rotatable bonds is 5. The molecule has 0 bridgehead atoms. The number of nitrogens with zero attached hydrogens (tertiary/aromatic N) is 1. The largest absolute Gasteiger partial charge is 0.335 e. The summed E-state index contributed by atoms with van der Waals surface area (Å²) in [6.07, 6.45) is 2.51. The number of benzene rings is 1. The Morgan fingerprint density at radius 1 is 1.36 bits per heavy atom. The fourth-order valence-electron chi connectivity index (χ4n) is 2.99. The average Bonchev–Trinajstić information content (AvgIpc) is 2.44. The topological polar surface area (TPSA) is 55.7 Å². The first kappa shape index (κ1) is 16.7. The fraction of sp³-hybridized carbons (Fsp3) is 0.471. The van der Waals surface area contributed by atoms with Crippen molar-refractivity contribution in [2.24, 2.45) is 22.4 Å². The molecule has 1 aliphatic carbocycles. The first-order valence-electron chi connectivity index (χ1n) is 7.30. The summed E-state index contributed by atoms with van der Waals surface area (Å²) in [5.74, 6) is 0.0307. The van der Waals surface area contributed by atoms with Crippen molar-refractivity contribution < 1.29 is 14.4 Å². The molecule has 1 saturated carbocycles. The van der Waals surface area contributed by atoms with E-state index in [1.54, 1.807) is 31.2 Å². The molecule has 0 aliphatic heterocycles. The Morgan fingerprint density at radius 3 is 2.55 bits per heavy atom. The molecule has 1 fully saturated rings. The van der Waals surface area contributed by atoms with Crippen molar-refractivity contribution in [3.8, 4) is 0 Å². The number of oxime groups is 1. The lowest BCUT2D eigenvalue weighted by Crippen LogP contribution is -2.48. The molecule has 1 aromatic carbocycles. The number of halogens is 1. The Balaban J connectivity index is 1.82. The molecule has 0 radical (unpaired) electrons. The van der Waals surface area contributed by atoms with Crippen molar-refractivity contribution in [1.82, 2.24) is 0 Å². The van der Waals surface area contributed by atoms with E-state index in [2.05, 4.69) is 5.16 Å². The van der Waals surface area contributed by atoms with Crippen LogP contribution in [0.3, 0.4) is 0 Å². The first-order valence-corrected chi connectivity index (χ1v) is 7.67. The van der Waals surface area contributed by atoms with Gasteiger partial charge in [-0.2, -0.15) is 0 Å². The smallest absolute Gasteiger partial charge is 0.318 e. The minimum atomic E-state index is -0.370. The minimum absolute atomic E-state index is 0.0443. The van der Waals surface area contributed by atoms with E-state index < -0.39 is 0 Å². The van der Waals surface area contributed by atoms with Gasteiger partial charge in [-0.25, -0.2) is 4.79 Å². The molecule has 2 rings (SSSR count). The molecule has 0 aromatic heterocycles. The van der Waals surface area contributed by atoms with Crippen molar-refractivity contribution in [2.75, 3.05) is 0 Å². The third-order valence-corrected chi connectivity index (χ3v) is 4.85. The molecule has 0 spiro atoms. The SMILES string of the molecule is CC(=O)[C@H]1C[C@@H](CC(=O)ON=Cc2ccc(Cl)cc2)C1(C)C. The molecular weight excluding hydrogens is 302 g/mol. The first-order chi connectivity index (χ1) is 10.3. The van der Waals surface area contributed by atoms with E-state index in [0.717, 1.165) is 12.0 Å². The van der Waals surface area contributed by atoms with Crippen LogP contribution in [0.2, 0.25) is 5.02 Å². The van der Waals surface area contributed by atoms with E-state index in [0.29, 0.717) is 5.02 Å². The van der Waals surface area contributed by atoms with E-state index in [1.165, 1.54) is 6.21 Å². The second-order valence-corrected chi connectivity index (χ2v) is 6.81. The van der Waals surface area contributed by atoms with Gasteiger partial charge < -0.3 is 4.84 Å². The van der Waals surface area contributed by atoms with Crippen LogP contribution in [0.4, 0.5) is 0 Å². The average molecular weight is 322 g/mol. The van der Waals surface area contributed by atoms with Gasteiger partial charge in [0.2, 0.25) is 0 Å². The third-order valence-electron chi connectivity index (χ3n) is 4.60. The summed E-state index contributed by atoms with van der Waals surface area (Å²) >= 11 is 5.78. The molecule has 5 heteroatoms. The summed E-state index contributed by atoms with van der Waals surface area (Å²) in [5.41, 5.74) is 0.655. The van der Waals surface area contributed by atoms with E-state index in [1.807, 2.05) is 13.8 Å². The molecule has 1 aliphatic rings. The van der Waals surface area contributed by atoms with Crippen LogP contribution in [0.15, 0.2) is 29.4 Å². The Bertz CT molecular complexity index is 592. The Hall–Kier alpha value is -1.68. The zero-order valence-electron chi connectivity index (χ0n) is 13.0. The maximum absolute atomic E-state index is 11.8. The van der Waals surface area contributed by atoms with Gasteiger partial charge in [0.05, 0.1) is 12.6 Å². The predicted octanol–water partition coefficient (Wildman–Crippen LogP) is 3.86. The minimum Gasteiger partial charge on any atom is -0.318 e. The molecule has 0 N–H and O–H groups in total. The second kappa shape index (κ2) is 6.61. The quantitative estimate of drug-likeness (QED) is 0.470. The van der Waals surface area contributed by atoms with E-state index in [9.17, 15) is 9.59 Å². The molecule has 0 amide bonds. The van der Waals surface area contributed by atoms with Crippen LogP contribution in [-0.4, -0.2) is 18.0 Å². The van der Waals surface area contributed by atoms with Gasteiger partial charge in [0, 0.05) is 10.9 Å². The molecule has 118 valence electrons. The predicted molar refractivity (Wildman–Crippen MR) is 85.8 cm³/mol. The van der Waals surface area contributed by atoms with Crippen molar-refractivity contribution in [2.45, 2.75) is 33.6 Å². The molecule has 1 aromatic rings. The lowest BCUT2D eigenvalue weighted by molar-refractivity contribution is -0.153. The van der Waals surface area contributed by atoms with Gasteiger partial charge in [-0.15, -0.1) is 0 Å². The van der Waals surface area contributed by atoms with Crippen LogP contribution in [-0.2, 0) is 14.4 Å². The standard InChI is InChI=1S/C17H20ClNO3/c1-11(20)15-8-13(17(15,2)3)9-16(21)22-19-10-12-4-6-14(18)7-5-12/h4-7,10,13,15H,8-9H2,1-3H3/t13-,15+/m0/s1. The van der Waals surface area contributed by atoms with Gasteiger partial charge in [0.15, 0.2) is 0 Å². The van der Waals surface area contributed by atoms with E-state index >= 15 is 0 Å². The number of hydrogen-bond donors (Lipinski definition) is 0. The molecule has 2 atom stereocenters. The molecule has 4 nitrogen and oxygen atoms in total. The third kappa shape index (κ3) is 3.74. The molecule has 0 unspecified atom stereocenters. The van der Waals surface area contributed by atoms with Crippen molar-refractivity contribution in [3.63, 3.8) is 0 Å². The number of Topliss-reactive ketones (excluding diaryl/α,β-unsaturated/α-hetero) is 1. The monoisotopic (exact) mass is 321 g/mol. The van der Waals surface area contributed by atoms with Crippen LogP contribution >= 0.6 is 11.6 Å². The molecule has 22 heavy (non-hydrogen) atoms. The van der Waals surface area contributed by atoms with Gasteiger partial charge in [-0.05, 0) is 42.4 Å². The highest BCUT2D eigenvalue weighted by Crippen LogP contribution is 2.53. The summed E-state index contributed by atoms with van der Waals surface area (Å²) in [6, 6.07) is 7.05. The number of carbonyl (C=O) groups is 2. The highest BCUT2D eigenvalue weighted by molar-refractivity contribution is 6.30. The van der Waals surface area contributed by atoms with Crippen LogP contribution in [0.1, 0.15) is 39.2 Å². The zero-order chi connectivity index (χ0) is 16.3. The summed E-state index contributed by atoms with van der Waals surface area (Å²) < 4.78 is 0. The Morgan fingerprint density at radius 2 is 2.00 bits per heavy atom. The fourth-order valence-corrected chi connectivity index (χ4v) is 3.11. The van der Waals surface area contributed by atoms with E-state index in [4.69, 9.17) is 16.4 Å². The zero-order valence-corrected chi connectivity index (χ0v) is 13.8. The van der Waals surface area contributed by atoms with E-state index in [-0.39, 0.29) is 35.4 Å². The van der Waals surface area contributed by atoms with Gasteiger partial charge >= 0.3 is 5.97 Å². The van der Waals surface area contributed by atoms with Crippen LogP contribution in [0, 0.1) is 17.3 Å².